The average molecular weight is 284 g/mol. The molecule has 1 N–H and O–H groups in total. The summed E-state index contributed by atoms with van der Waals surface area (Å²) in [5, 5.41) is 16.5. The Balaban J connectivity index is 2.28. The molecule has 0 saturated carbocycles. The summed E-state index contributed by atoms with van der Waals surface area (Å²) in [6, 6.07) is 7.21. The van der Waals surface area contributed by atoms with Crippen LogP contribution in [-0.2, 0) is 6.54 Å². The van der Waals surface area contributed by atoms with Gasteiger partial charge in [-0.3, -0.25) is 0 Å². The molecule has 0 spiro atoms. The van der Waals surface area contributed by atoms with E-state index in [0.717, 1.165) is 5.56 Å². The quantitative estimate of drug-likeness (QED) is 0.864. The highest BCUT2D eigenvalue weighted by Gasteiger charge is 2.18. The second kappa shape index (κ2) is 5.57. The molecular formula is C11H10ClN3O4. The lowest BCUT2D eigenvalue weighted by Gasteiger charge is -2.06. The van der Waals surface area contributed by atoms with E-state index in [4.69, 9.17) is 21.4 Å². The molecule has 0 radical (unpaired) electrons. The Morgan fingerprint density at radius 2 is 2.21 bits per heavy atom. The molecule has 1 aromatic carbocycles. The van der Waals surface area contributed by atoms with Crippen molar-refractivity contribution >= 4 is 17.8 Å². The van der Waals surface area contributed by atoms with Gasteiger partial charge in [-0.15, -0.1) is 0 Å². The lowest BCUT2D eigenvalue weighted by Crippen LogP contribution is -2.07. The van der Waals surface area contributed by atoms with Crippen molar-refractivity contribution in [1.82, 2.24) is 15.0 Å². The molecular weight excluding hydrogens is 274 g/mol. The summed E-state index contributed by atoms with van der Waals surface area (Å²) >= 11 is 6.03. The van der Waals surface area contributed by atoms with Gasteiger partial charge in [-0.2, -0.15) is 0 Å². The molecule has 0 aliphatic rings. The van der Waals surface area contributed by atoms with E-state index in [1.54, 1.807) is 6.07 Å². The van der Waals surface area contributed by atoms with Crippen LogP contribution < -0.4 is 9.47 Å². The summed E-state index contributed by atoms with van der Waals surface area (Å²) in [7, 11) is 1.37. The van der Waals surface area contributed by atoms with E-state index in [2.05, 4.69) is 15.0 Å². The summed E-state index contributed by atoms with van der Waals surface area (Å²) in [6.45, 7) is 0.291. The van der Waals surface area contributed by atoms with E-state index in [9.17, 15) is 4.79 Å². The fourth-order valence-corrected chi connectivity index (χ4v) is 1.71. The van der Waals surface area contributed by atoms with Crippen LogP contribution in [0.1, 0.15) is 5.56 Å². The van der Waals surface area contributed by atoms with Gasteiger partial charge in [0.2, 0.25) is 0 Å². The molecule has 7 nitrogen and oxygen atoms in total. The van der Waals surface area contributed by atoms with Crippen molar-refractivity contribution in [1.29, 1.82) is 0 Å². The van der Waals surface area contributed by atoms with Crippen LogP contribution in [0.2, 0.25) is 5.02 Å². The second-order valence-electron chi connectivity index (χ2n) is 3.52. The molecule has 0 amide bonds. The van der Waals surface area contributed by atoms with Crippen molar-refractivity contribution in [3.8, 4) is 11.8 Å². The molecule has 0 fully saturated rings. The maximum absolute atomic E-state index is 10.5. The number of aromatic nitrogens is 3. The van der Waals surface area contributed by atoms with Crippen LogP contribution in [0.3, 0.4) is 0 Å². The van der Waals surface area contributed by atoms with Crippen LogP contribution >= 0.6 is 11.6 Å². The minimum absolute atomic E-state index is 0.113. The van der Waals surface area contributed by atoms with E-state index in [1.165, 1.54) is 11.8 Å². The Morgan fingerprint density at radius 1 is 1.47 bits per heavy atom. The van der Waals surface area contributed by atoms with Crippen LogP contribution in [-0.4, -0.2) is 33.4 Å². The molecule has 0 saturated heterocycles. The summed E-state index contributed by atoms with van der Waals surface area (Å²) in [5.41, 5.74) is 0.800. The Bertz CT molecular complexity index is 599. The van der Waals surface area contributed by atoms with Crippen molar-refractivity contribution < 1.29 is 19.4 Å². The Morgan fingerprint density at radius 3 is 2.84 bits per heavy atom. The van der Waals surface area contributed by atoms with E-state index in [-0.39, 0.29) is 11.8 Å². The number of hydrogen-bond donors (Lipinski definition) is 1. The highest BCUT2D eigenvalue weighted by atomic mass is 35.5. The summed E-state index contributed by atoms with van der Waals surface area (Å²) < 4.78 is 10.8. The van der Waals surface area contributed by atoms with Gasteiger partial charge in [0.25, 0.3) is 5.88 Å². The van der Waals surface area contributed by atoms with Crippen molar-refractivity contribution in [2.75, 3.05) is 7.11 Å². The number of carbonyl (C=O) groups is 1. The number of benzene rings is 1. The molecule has 100 valence electrons. The first kappa shape index (κ1) is 13.2. The minimum atomic E-state index is -1.48. The summed E-state index contributed by atoms with van der Waals surface area (Å²) in [5.74, 6) is -0.0932. The molecule has 0 aliphatic heterocycles. The van der Waals surface area contributed by atoms with E-state index >= 15 is 0 Å². The first-order valence-corrected chi connectivity index (χ1v) is 5.61. The molecule has 2 aromatic rings. The van der Waals surface area contributed by atoms with Crippen molar-refractivity contribution in [3.05, 3.63) is 34.9 Å². The van der Waals surface area contributed by atoms with Gasteiger partial charge in [0.15, 0.2) is 0 Å². The van der Waals surface area contributed by atoms with Gasteiger partial charge < -0.3 is 14.6 Å². The standard InChI is InChI=1S/C11H10ClN3O4/c1-18-10-9(19-11(16)17)13-14-15(10)6-7-4-2-3-5-8(7)12/h2-5H,6H2,1H3,(H,16,17). The number of carboxylic acid groups (broad SMARTS) is 1. The Hall–Kier alpha value is -2.28. The molecule has 1 heterocycles. The Labute approximate surface area is 113 Å². The maximum atomic E-state index is 10.5. The number of halogens is 1. The molecule has 0 aliphatic carbocycles. The second-order valence-corrected chi connectivity index (χ2v) is 3.93. The predicted octanol–water partition coefficient (Wildman–Crippen LogP) is 2.05. The van der Waals surface area contributed by atoms with Gasteiger partial charge in [0, 0.05) is 5.02 Å². The zero-order valence-electron chi connectivity index (χ0n) is 9.91. The SMILES string of the molecule is COc1c(OC(=O)O)nnn1Cc1ccccc1Cl. The number of nitrogens with zero attached hydrogens (tertiary/aromatic N) is 3. The van der Waals surface area contributed by atoms with E-state index in [1.807, 2.05) is 18.2 Å². The van der Waals surface area contributed by atoms with Crippen LogP contribution in [0.4, 0.5) is 4.79 Å². The third-order valence-corrected chi connectivity index (χ3v) is 2.68. The van der Waals surface area contributed by atoms with E-state index in [0.29, 0.717) is 11.6 Å². The first-order chi connectivity index (χ1) is 9.11. The zero-order chi connectivity index (χ0) is 13.8. The van der Waals surface area contributed by atoms with Crippen molar-refractivity contribution in [2.45, 2.75) is 6.54 Å². The molecule has 0 atom stereocenters. The lowest BCUT2D eigenvalue weighted by molar-refractivity contribution is 0.140. The maximum Gasteiger partial charge on any atom is 0.512 e. The Kier molecular flexibility index (Phi) is 3.86. The molecule has 19 heavy (non-hydrogen) atoms. The fourth-order valence-electron chi connectivity index (χ4n) is 1.52. The van der Waals surface area contributed by atoms with Gasteiger partial charge in [-0.25, -0.2) is 9.48 Å². The highest BCUT2D eigenvalue weighted by Crippen LogP contribution is 2.25. The predicted molar refractivity (Wildman–Crippen MR) is 65.8 cm³/mol. The monoisotopic (exact) mass is 283 g/mol. The van der Waals surface area contributed by atoms with Gasteiger partial charge >= 0.3 is 12.0 Å². The first-order valence-electron chi connectivity index (χ1n) is 5.23. The smallest absolute Gasteiger partial charge is 0.477 e. The van der Waals surface area contributed by atoms with Crippen LogP contribution in [0.5, 0.6) is 11.8 Å². The molecule has 1 aromatic heterocycles. The number of methoxy groups -OCH3 is 1. The summed E-state index contributed by atoms with van der Waals surface area (Å²) in [6.07, 6.45) is -1.48. The van der Waals surface area contributed by atoms with Gasteiger partial charge in [-0.05, 0) is 11.6 Å². The number of ether oxygens (including phenoxy) is 2. The molecule has 8 heteroatoms. The normalized spacial score (nSPS) is 10.2. The minimum Gasteiger partial charge on any atom is -0.477 e. The topological polar surface area (TPSA) is 86.5 Å². The molecule has 0 unspecified atom stereocenters. The largest absolute Gasteiger partial charge is 0.512 e. The average Bonchev–Trinajstić information content (AvgIpc) is 2.73. The van der Waals surface area contributed by atoms with E-state index < -0.39 is 6.16 Å². The van der Waals surface area contributed by atoms with Crippen molar-refractivity contribution in [2.24, 2.45) is 0 Å². The number of hydrogen-bond acceptors (Lipinski definition) is 5. The van der Waals surface area contributed by atoms with Crippen LogP contribution in [0.15, 0.2) is 24.3 Å². The third kappa shape index (κ3) is 2.94. The lowest BCUT2D eigenvalue weighted by atomic mass is 10.2. The fraction of sp³-hybridized carbons (Fsp3) is 0.182. The van der Waals surface area contributed by atoms with Gasteiger partial charge in [0.05, 0.1) is 13.7 Å². The van der Waals surface area contributed by atoms with Gasteiger partial charge in [0.1, 0.15) is 0 Å². The molecule has 0 bridgehead atoms. The van der Waals surface area contributed by atoms with Gasteiger partial charge in [-0.1, -0.05) is 40.1 Å². The molecule has 2 rings (SSSR count). The van der Waals surface area contributed by atoms with Crippen molar-refractivity contribution in [3.63, 3.8) is 0 Å². The summed E-state index contributed by atoms with van der Waals surface area (Å²) in [4.78, 5) is 10.5. The third-order valence-electron chi connectivity index (χ3n) is 2.32. The van der Waals surface area contributed by atoms with Crippen LogP contribution in [0.25, 0.3) is 0 Å². The van der Waals surface area contributed by atoms with Crippen LogP contribution in [0, 0.1) is 0 Å². The zero-order valence-corrected chi connectivity index (χ0v) is 10.7. The highest BCUT2D eigenvalue weighted by molar-refractivity contribution is 6.31. The number of rotatable bonds is 4.